The minimum Gasteiger partial charge on any atom is -0.478 e. The lowest BCUT2D eigenvalue weighted by Gasteiger charge is -2.18. The van der Waals surface area contributed by atoms with Gasteiger partial charge in [-0.15, -0.1) is 0 Å². The Morgan fingerprint density at radius 3 is 2.65 bits per heavy atom. The van der Waals surface area contributed by atoms with E-state index in [0.29, 0.717) is 16.1 Å². The highest BCUT2D eigenvalue weighted by Gasteiger charge is 2.24. The smallest absolute Gasteiger partial charge is 0.335 e. The summed E-state index contributed by atoms with van der Waals surface area (Å²) in [5, 5.41) is 14.6. The standard InChI is InChI=1S/C14H17BrN2O3/c1-8-3-2-4-11(8)16-14(20)17-12-6-5-9(13(18)19)7-10(12)15/h5-8,11H,2-4H2,1H3,(H,18,19)(H2,16,17,20). The van der Waals surface area contributed by atoms with E-state index >= 15 is 0 Å². The molecule has 0 aromatic heterocycles. The van der Waals surface area contributed by atoms with Gasteiger partial charge in [0.15, 0.2) is 0 Å². The molecule has 20 heavy (non-hydrogen) atoms. The maximum Gasteiger partial charge on any atom is 0.335 e. The molecule has 1 aromatic rings. The number of carboxylic acid groups (broad SMARTS) is 1. The fourth-order valence-electron chi connectivity index (χ4n) is 2.44. The van der Waals surface area contributed by atoms with Gasteiger partial charge in [0, 0.05) is 10.5 Å². The molecule has 1 saturated carbocycles. The van der Waals surface area contributed by atoms with Crippen molar-refractivity contribution in [3.63, 3.8) is 0 Å². The van der Waals surface area contributed by atoms with Crippen LogP contribution in [0, 0.1) is 5.92 Å². The minimum absolute atomic E-state index is 0.173. The van der Waals surface area contributed by atoms with Gasteiger partial charge < -0.3 is 15.7 Å². The van der Waals surface area contributed by atoms with E-state index in [0.717, 1.165) is 19.3 Å². The van der Waals surface area contributed by atoms with Crippen molar-refractivity contribution < 1.29 is 14.7 Å². The van der Waals surface area contributed by atoms with Crippen LogP contribution in [0.4, 0.5) is 10.5 Å². The zero-order chi connectivity index (χ0) is 14.7. The van der Waals surface area contributed by atoms with Gasteiger partial charge in [-0.05, 0) is 52.9 Å². The lowest BCUT2D eigenvalue weighted by atomic mass is 10.1. The summed E-state index contributed by atoms with van der Waals surface area (Å²) in [6.45, 7) is 2.13. The molecule has 0 radical (unpaired) electrons. The van der Waals surface area contributed by atoms with Gasteiger partial charge in [-0.3, -0.25) is 0 Å². The zero-order valence-electron chi connectivity index (χ0n) is 11.1. The summed E-state index contributed by atoms with van der Waals surface area (Å²) in [6, 6.07) is 4.46. The fraction of sp³-hybridized carbons (Fsp3) is 0.429. The van der Waals surface area contributed by atoms with Gasteiger partial charge in [0.05, 0.1) is 11.3 Å². The van der Waals surface area contributed by atoms with Gasteiger partial charge in [0.1, 0.15) is 0 Å². The first-order valence-electron chi connectivity index (χ1n) is 6.57. The largest absolute Gasteiger partial charge is 0.478 e. The van der Waals surface area contributed by atoms with Gasteiger partial charge in [0.2, 0.25) is 0 Å². The number of rotatable bonds is 3. The van der Waals surface area contributed by atoms with Crippen LogP contribution in [-0.2, 0) is 0 Å². The molecule has 108 valence electrons. The molecule has 3 N–H and O–H groups in total. The quantitative estimate of drug-likeness (QED) is 0.788. The van der Waals surface area contributed by atoms with Crippen molar-refractivity contribution in [1.29, 1.82) is 0 Å². The first kappa shape index (κ1) is 14.8. The maximum absolute atomic E-state index is 11.9. The minimum atomic E-state index is -0.999. The van der Waals surface area contributed by atoms with Crippen molar-refractivity contribution >= 4 is 33.6 Å². The molecular weight excluding hydrogens is 324 g/mol. The molecule has 1 aliphatic rings. The van der Waals surface area contributed by atoms with Crippen molar-refractivity contribution in [2.45, 2.75) is 32.2 Å². The summed E-state index contributed by atoms with van der Waals surface area (Å²) >= 11 is 3.26. The van der Waals surface area contributed by atoms with Crippen molar-refractivity contribution in [3.8, 4) is 0 Å². The van der Waals surface area contributed by atoms with Crippen molar-refractivity contribution in [1.82, 2.24) is 5.32 Å². The zero-order valence-corrected chi connectivity index (χ0v) is 12.7. The van der Waals surface area contributed by atoms with Gasteiger partial charge in [-0.2, -0.15) is 0 Å². The van der Waals surface area contributed by atoms with Crippen LogP contribution in [0.25, 0.3) is 0 Å². The fourth-order valence-corrected chi connectivity index (χ4v) is 2.91. The molecule has 2 unspecified atom stereocenters. The Kier molecular flexibility index (Phi) is 4.65. The van der Waals surface area contributed by atoms with Crippen LogP contribution < -0.4 is 10.6 Å². The van der Waals surface area contributed by atoms with E-state index in [1.165, 1.54) is 12.1 Å². The van der Waals surface area contributed by atoms with Gasteiger partial charge in [0.25, 0.3) is 0 Å². The highest BCUT2D eigenvalue weighted by Crippen LogP contribution is 2.26. The molecule has 1 fully saturated rings. The van der Waals surface area contributed by atoms with Gasteiger partial charge >= 0.3 is 12.0 Å². The Balaban J connectivity index is 1.99. The monoisotopic (exact) mass is 340 g/mol. The number of aromatic carboxylic acids is 1. The molecule has 2 amide bonds. The number of carbonyl (C=O) groups excluding carboxylic acids is 1. The molecular formula is C14H17BrN2O3. The van der Waals surface area contributed by atoms with Crippen LogP contribution in [0.5, 0.6) is 0 Å². The number of halogens is 1. The average Bonchev–Trinajstić information content (AvgIpc) is 2.77. The summed E-state index contributed by atoms with van der Waals surface area (Å²) in [7, 11) is 0. The van der Waals surface area contributed by atoms with E-state index in [-0.39, 0.29) is 17.6 Å². The third-order valence-electron chi connectivity index (χ3n) is 3.64. The second-order valence-electron chi connectivity index (χ2n) is 5.11. The van der Waals surface area contributed by atoms with Crippen LogP contribution in [0.1, 0.15) is 36.5 Å². The molecule has 1 aromatic carbocycles. The number of anilines is 1. The Hall–Kier alpha value is -1.56. The second-order valence-corrected chi connectivity index (χ2v) is 5.97. The number of carbonyl (C=O) groups is 2. The molecule has 6 heteroatoms. The topological polar surface area (TPSA) is 78.4 Å². The normalized spacial score (nSPS) is 21.5. The molecule has 0 spiro atoms. The highest BCUT2D eigenvalue weighted by atomic mass is 79.9. The number of hydrogen-bond acceptors (Lipinski definition) is 2. The average molecular weight is 341 g/mol. The molecule has 0 heterocycles. The molecule has 0 saturated heterocycles. The molecule has 2 rings (SSSR count). The van der Waals surface area contributed by atoms with Crippen LogP contribution in [0.15, 0.2) is 22.7 Å². The van der Waals surface area contributed by atoms with Crippen LogP contribution in [-0.4, -0.2) is 23.1 Å². The lowest BCUT2D eigenvalue weighted by Crippen LogP contribution is -2.39. The van der Waals surface area contributed by atoms with Crippen molar-refractivity contribution in [3.05, 3.63) is 28.2 Å². The van der Waals surface area contributed by atoms with E-state index < -0.39 is 5.97 Å². The number of urea groups is 1. The summed E-state index contributed by atoms with van der Waals surface area (Å²) in [4.78, 5) is 22.8. The number of benzene rings is 1. The second kappa shape index (κ2) is 6.26. The predicted octanol–water partition coefficient (Wildman–Crippen LogP) is 3.46. The first-order valence-corrected chi connectivity index (χ1v) is 7.37. The first-order chi connectivity index (χ1) is 9.47. The molecule has 0 aliphatic heterocycles. The summed E-state index contributed by atoms with van der Waals surface area (Å²) in [6.07, 6.45) is 3.29. The molecule has 0 bridgehead atoms. The van der Waals surface area contributed by atoms with Gasteiger partial charge in [-0.1, -0.05) is 13.3 Å². The van der Waals surface area contributed by atoms with Crippen LogP contribution >= 0.6 is 15.9 Å². The maximum atomic E-state index is 11.9. The van der Waals surface area contributed by atoms with E-state index in [1.54, 1.807) is 6.07 Å². The van der Waals surface area contributed by atoms with Crippen molar-refractivity contribution in [2.24, 2.45) is 5.92 Å². The van der Waals surface area contributed by atoms with Crippen LogP contribution in [0.3, 0.4) is 0 Å². The molecule has 2 atom stereocenters. The van der Waals surface area contributed by atoms with E-state index in [1.807, 2.05) is 0 Å². The molecule has 5 nitrogen and oxygen atoms in total. The van der Waals surface area contributed by atoms with E-state index in [9.17, 15) is 9.59 Å². The number of carboxylic acids is 1. The number of hydrogen-bond donors (Lipinski definition) is 3. The van der Waals surface area contributed by atoms with Crippen molar-refractivity contribution in [2.75, 3.05) is 5.32 Å². The number of amides is 2. The summed E-state index contributed by atoms with van der Waals surface area (Å²) < 4.78 is 0.548. The van der Waals surface area contributed by atoms with E-state index in [2.05, 4.69) is 33.5 Å². The predicted molar refractivity (Wildman–Crippen MR) is 80.1 cm³/mol. The summed E-state index contributed by atoms with van der Waals surface area (Å²) in [5.74, 6) is -0.500. The Labute approximate surface area is 125 Å². The number of nitrogens with one attached hydrogen (secondary N) is 2. The highest BCUT2D eigenvalue weighted by molar-refractivity contribution is 9.10. The van der Waals surface area contributed by atoms with E-state index in [4.69, 9.17) is 5.11 Å². The lowest BCUT2D eigenvalue weighted by molar-refractivity contribution is 0.0697. The Bertz CT molecular complexity index is 533. The third-order valence-corrected chi connectivity index (χ3v) is 4.30. The van der Waals surface area contributed by atoms with Gasteiger partial charge in [-0.25, -0.2) is 9.59 Å². The Morgan fingerprint density at radius 2 is 2.10 bits per heavy atom. The Morgan fingerprint density at radius 1 is 1.35 bits per heavy atom. The van der Waals surface area contributed by atoms with Crippen LogP contribution in [0.2, 0.25) is 0 Å². The SMILES string of the molecule is CC1CCCC1NC(=O)Nc1ccc(C(=O)O)cc1Br. The third kappa shape index (κ3) is 3.50. The molecule has 1 aliphatic carbocycles. The summed E-state index contributed by atoms with van der Waals surface area (Å²) in [5.41, 5.74) is 0.727.